The van der Waals surface area contributed by atoms with E-state index in [1.54, 1.807) is 7.05 Å². The Morgan fingerprint density at radius 2 is 2.03 bits per heavy atom. The van der Waals surface area contributed by atoms with Gasteiger partial charge in [0.2, 0.25) is 11.7 Å². The summed E-state index contributed by atoms with van der Waals surface area (Å²) in [5.41, 5.74) is 3.34. The molecule has 1 aromatic heterocycles. The highest BCUT2D eigenvalue weighted by molar-refractivity contribution is 6.30. The Labute approximate surface area is 187 Å². The maximum Gasteiger partial charge on any atom is 0.228 e. The summed E-state index contributed by atoms with van der Waals surface area (Å²) in [6, 6.07) is 15.7. The van der Waals surface area contributed by atoms with Crippen LogP contribution in [0.3, 0.4) is 0 Å². The molecule has 2 aromatic carbocycles. The van der Waals surface area contributed by atoms with Gasteiger partial charge in [0.15, 0.2) is 5.96 Å². The molecule has 1 aliphatic heterocycles. The van der Waals surface area contributed by atoms with Crippen LogP contribution >= 0.6 is 11.6 Å². The summed E-state index contributed by atoms with van der Waals surface area (Å²) in [5, 5.41) is 8.14. The SMILES string of the molecule is CN=C(NCCc1nc(-c2ccc(Cl)cc2)no1)N1CCOC(c2ccccc2C)C1. The topological polar surface area (TPSA) is 75.8 Å². The van der Waals surface area contributed by atoms with E-state index in [1.807, 2.05) is 24.3 Å². The lowest BCUT2D eigenvalue weighted by Gasteiger charge is -2.35. The molecule has 162 valence electrons. The number of aromatic nitrogens is 2. The van der Waals surface area contributed by atoms with Crippen LogP contribution in [0, 0.1) is 6.92 Å². The van der Waals surface area contributed by atoms with Gasteiger partial charge in [-0.1, -0.05) is 41.0 Å². The number of aryl methyl sites for hydroxylation is 1. The lowest BCUT2D eigenvalue weighted by Crippen LogP contribution is -2.48. The van der Waals surface area contributed by atoms with Crippen molar-refractivity contribution < 1.29 is 9.26 Å². The molecule has 1 unspecified atom stereocenters. The number of aliphatic imine (C=N–C) groups is 1. The molecule has 4 rings (SSSR count). The Hall–Kier alpha value is -2.90. The summed E-state index contributed by atoms with van der Waals surface area (Å²) in [5.74, 6) is 1.98. The van der Waals surface area contributed by atoms with Crippen LogP contribution in [-0.4, -0.2) is 54.3 Å². The lowest BCUT2D eigenvalue weighted by atomic mass is 10.0. The van der Waals surface area contributed by atoms with Crippen molar-refractivity contribution in [1.82, 2.24) is 20.4 Å². The minimum absolute atomic E-state index is 0.0337. The Morgan fingerprint density at radius 3 is 2.81 bits per heavy atom. The molecule has 1 fully saturated rings. The first-order valence-electron chi connectivity index (χ1n) is 10.4. The molecule has 0 bridgehead atoms. The van der Waals surface area contributed by atoms with Crippen LogP contribution in [0.25, 0.3) is 11.4 Å². The average Bonchev–Trinajstić information content (AvgIpc) is 3.26. The lowest BCUT2D eigenvalue weighted by molar-refractivity contribution is -0.00830. The van der Waals surface area contributed by atoms with Crippen molar-refractivity contribution in [2.45, 2.75) is 19.4 Å². The number of benzene rings is 2. The van der Waals surface area contributed by atoms with E-state index < -0.39 is 0 Å². The Balaban J connectivity index is 1.33. The van der Waals surface area contributed by atoms with Crippen molar-refractivity contribution in [2.24, 2.45) is 4.99 Å². The van der Waals surface area contributed by atoms with Gasteiger partial charge in [-0.25, -0.2) is 0 Å². The maximum atomic E-state index is 6.03. The van der Waals surface area contributed by atoms with E-state index in [2.05, 4.69) is 56.5 Å². The first-order valence-corrected chi connectivity index (χ1v) is 10.7. The fourth-order valence-electron chi connectivity index (χ4n) is 3.66. The number of hydrogen-bond acceptors (Lipinski definition) is 5. The molecular weight excluding hydrogens is 414 g/mol. The average molecular weight is 440 g/mol. The van der Waals surface area contributed by atoms with E-state index in [-0.39, 0.29) is 6.10 Å². The standard InChI is InChI=1S/C23H26ClN5O2/c1-16-5-3-4-6-19(16)20-15-29(13-14-30-20)23(25-2)26-12-11-21-27-22(28-31-21)17-7-9-18(24)10-8-17/h3-10,20H,11-15H2,1-2H3,(H,25,26). The number of guanidine groups is 1. The van der Waals surface area contributed by atoms with Crippen molar-refractivity contribution in [1.29, 1.82) is 0 Å². The summed E-state index contributed by atoms with van der Waals surface area (Å²) in [6.07, 6.45) is 0.636. The van der Waals surface area contributed by atoms with Crippen LogP contribution in [0.2, 0.25) is 5.02 Å². The largest absolute Gasteiger partial charge is 0.370 e. The van der Waals surface area contributed by atoms with Gasteiger partial charge in [0.05, 0.1) is 13.2 Å². The highest BCUT2D eigenvalue weighted by Crippen LogP contribution is 2.25. The van der Waals surface area contributed by atoms with Gasteiger partial charge < -0.3 is 19.5 Å². The Bertz CT molecular complexity index is 1030. The summed E-state index contributed by atoms with van der Waals surface area (Å²) < 4.78 is 11.4. The first kappa shape index (κ1) is 21.3. The highest BCUT2D eigenvalue weighted by Gasteiger charge is 2.25. The van der Waals surface area contributed by atoms with Crippen LogP contribution in [0.5, 0.6) is 0 Å². The summed E-state index contributed by atoms with van der Waals surface area (Å²) in [4.78, 5) is 11.2. The molecule has 0 amide bonds. The van der Waals surface area contributed by atoms with E-state index in [9.17, 15) is 0 Å². The monoisotopic (exact) mass is 439 g/mol. The minimum Gasteiger partial charge on any atom is -0.370 e. The van der Waals surface area contributed by atoms with E-state index in [1.165, 1.54) is 11.1 Å². The van der Waals surface area contributed by atoms with Crippen LogP contribution < -0.4 is 5.32 Å². The smallest absolute Gasteiger partial charge is 0.228 e. The van der Waals surface area contributed by atoms with E-state index in [0.717, 1.165) is 24.6 Å². The number of nitrogens with zero attached hydrogens (tertiary/aromatic N) is 4. The molecule has 0 aliphatic carbocycles. The van der Waals surface area contributed by atoms with Crippen molar-refractivity contribution in [3.05, 3.63) is 70.6 Å². The van der Waals surface area contributed by atoms with Crippen molar-refractivity contribution in [3.8, 4) is 11.4 Å². The second-order valence-electron chi connectivity index (χ2n) is 7.40. The second kappa shape index (κ2) is 9.94. The van der Waals surface area contributed by atoms with E-state index in [0.29, 0.717) is 36.3 Å². The van der Waals surface area contributed by atoms with Crippen LogP contribution in [0.1, 0.15) is 23.1 Å². The number of hydrogen-bond donors (Lipinski definition) is 1. The maximum absolute atomic E-state index is 6.03. The van der Waals surface area contributed by atoms with Gasteiger partial charge in [-0.15, -0.1) is 0 Å². The predicted octanol–water partition coefficient (Wildman–Crippen LogP) is 3.89. The highest BCUT2D eigenvalue weighted by atomic mass is 35.5. The molecule has 1 aliphatic rings. The number of nitrogens with one attached hydrogen (secondary N) is 1. The Morgan fingerprint density at radius 1 is 1.23 bits per heavy atom. The van der Waals surface area contributed by atoms with Crippen LogP contribution in [-0.2, 0) is 11.2 Å². The van der Waals surface area contributed by atoms with Gasteiger partial charge in [0.1, 0.15) is 6.10 Å². The number of morpholine rings is 1. The molecule has 0 saturated carbocycles. The molecule has 0 spiro atoms. The van der Waals surface area contributed by atoms with Gasteiger partial charge >= 0.3 is 0 Å². The van der Waals surface area contributed by atoms with Crippen molar-refractivity contribution in [3.63, 3.8) is 0 Å². The van der Waals surface area contributed by atoms with Gasteiger partial charge in [-0.3, -0.25) is 4.99 Å². The molecule has 1 atom stereocenters. The van der Waals surface area contributed by atoms with E-state index >= 15 is 0 Å². The minimum atomic E-state index is 0.0337. The van der Waals surface area contributed by atoms with Gasteiger partial charge in [-0.2, -0.15) is 4.98 Å². The molecular formula is C23H26ClN5O2. The molecule has 3 aromatic rings. The fourth-order valence-corrected chi connectivity index (χ4v) is 3.79. The summed E-state index contributed by atoms with van der Waals surface area (Å²) in [6.45, 7) is 4.97. The number of rotatable bonds is 5. The zero-order valence-corrected chi connectivity index (χ0v) is 18.5. The van der Waals surface area contributed by atoms with E-state index in [4.69, 9.17) is 20.9 Å². The molecule has 0 radical (unpaired) electrons. The third-order valence-electron chi connectivity index (χ3n) is 5.31. The molecule has 31 heavy (non-hydrogen) atoms. The van der Waals surface area contributed by atoms with Gasteiger partial charge in [0.25, 0.3) is 0 Å². The zero-order valence-electron chi connectivity index (χ0n) is 17.7. The number of ether oxygens (including phenoxy) is 1. The first-order chi connectivity index (χ1) is 15.1. The quantitative estimate of drug-likeness (QED) is 0.480. The van der Waals surface area contributed by atoms with Gasteiger partial charge in [0, 0.05) is 37.1 Å². The van der Waals surface area contributed by atoms with Gasteiger partial charge in [-0.05, 0) is 42.3 Å². The summed E-state index contributed by atoms with van der Waals surface area (Å²) >= 11 is 5.94. The molecule has 1 saturated heterocycles. The van der Waals surface area contributed by atoms with Crippen molar-refractivity contribution >= 4 is 17.6 Å². The fraction of sp³-hybridized carbons (Fsp3) is 0.348. The Kier molecular flexibility index (Phi) is 6.84. The van der Waals surface area contributed by atoms with Crippen LogP contribution in [0.4, 0.5) is 0 Å². The molecule has 7 nitrogen and oxygen atoms in total. The second-order valence-corrected chi connectivity index (χ2v) is 7.84. The molecule has 2 heterocycles. The zero-order chi connectivity index (χ0) is 21.6. The summed E-state index contributed by atoms with van der Waals surface area (Å²) in [7, 11) is 1.80. The third kappa shape index (κ3) is 5.24. The third-order valence-corrected chi connectivity index (χ3v) is 5.56. The molecule has 1 N–H and O–H groups in total. The van der Waals surface area contributed by atoms with Crippen molar-refractivity contribution in [2.75, 3.05) is 33.3 Å². The predicted molar refractivity (Wildman–Crippen MR) is 121 cm³/mol. The molecule has 8 heteroatoms. The number of halogens is 1. The van der Waals surface area contributed by atoms with Crippen LogP contribution in [0.15, 0.2) is 58.0 Å². The normalized spacial score (nSPS) is 17.1.